The second-order valence-corrected chi connectivity index (χ2v) is 6.23. The molecule has 1 aliphatic rings. The van der Waals surface area contributed by atoms with E-state index in [4.69, 9.17) is 0 Å². The van der Waals surface area contributed by atoms with Crippen LogP contribution in [-0.4, -0.2) is 39.6 Å². The minimum absolute atomic E-state index is 0.0626. The zero-order chi connectivity index (χ0) is 17.3. The van der Waals surface area contributed by atoms with Crippen LogP contribution < -0.4 is 5.32 Å². The molecule has 24 heavy (non-hydrogen) atoms. The summed E-state index contributed by atoms with van der Waals surface area (Å²) in [4.78, 5) is 26.1. The summed E-state index contributed by atoms with van der Waals surface area (Å²) in [7, 11) is 1.89. The third-order valence-electron chi connectivity index (χ3n) is 4.70. The molecule has 2 amide bonds. The molecule has 2 aromatic rings. The number of carbonyl (C=O) groups excluding carboxylic acids is 2. The Morgan fingerprint density at radius 3 is 2.96 bits per heavy atom. The van der Waals surface area contributed by atoms with E-state index in [9.17, 15) is 9.59 Å². The van der Waals surface area contributed by atoms with E-state index in [1.54, 1.807) is 4.90 Å². The van der Waals surface area contributed by atoms with Gasteiger partial charge < -0.3 is 10.2 Å². The summed E-state index contributed by atoms with van der Waals surface area (Å²) in [5.41, 5.74) is 2.57. The smallest absolute Gasteiger partial charge is 0.245 e. The van der Waals surface area contributed by atoms with Crippen LogP contribution in [0.3, 0.4) is 0 Å². The van der Waals surface area contributed by atoms with Gasteiger partial charge in [0, 0.05) is 31.2 Å². The molecule has 0 bridgehead atoms. The van der Waals surface area contributed by atoms with Gasteiger partial charge in [0.25, 0.3) is 0 Å². The van der Waals surface area contributed by atoms with E-state index in [0.29, 0.717) is 18.8 Å². The van der Waals surface area contributed by atoms with E-state index in [1.807, 2.05) is 36.9 Å². The van der Waals surface area contributed by atoms with Gasteiger partial charge in [-0.3, -0.25) is 14.3 Å². The van der Waals surface area contributed by atoms with E-state index in [1.165, 1.54) is 6.08 Å². The van der Waals surface area contributed by atoms with Crippen LogP contribution in [-0.2, 0) is 16.6 Å². The molecule has 1 fully saturated rings. The van der Waals surface area contributed by atoms with Gasteiger partial charge in [-0.25, -0.2) is 0 Å². The van der Waals surface area contributed by atoms with Crippen LogP contribution in [0.5, 0.6) is 0 Å². The van der Waals surface area contributed by atoms with Crippen LogP contribution in [0.4, 0.5) is 5.69 Å². The average Bonchev–Trinajstić information content (AvgIpc) is 2.90. The zero-order valence-electron chi connectivity index (χ0n) is 14.1. The molecule has 3 rings (SSSR count). The number of hydrogen-bond donors (Lipinski definition) is 1. The molecule has 1 atom stereocenters. The molecule has 6 nitrogen and oxygen atoms in total. The van der Waals surface area contributed by atoms with Gasteiger partial charge in [-0.2, -0.15) is 5.10 Å². The first-order valence-electron chi connectivity index (χ1n) is 8.15. The quantitative estimate of drug-likeness (QED) is 0.880. The van der Waals surface area contributed by atoms with Crippen LogP contribution in [0.15, 0.2) is 30.9 Å². The van der Waals surface area contributed by atoms with Crippen molar-refractivity contribution in [2.45, 2.75) is 19.8 Å². The first kappa shape index (κ1) is 16.2. The molecule has 0 radical (unpaired) electrons. The van der Waals surface area contributed by atoms with Crippen molar-refractivity contribution in [3.63, 3.8) is 0 Å². The maximum absolute atomic E-state index is 12.6. The molecule has 126 valence electrons. The molecule has 0 saturated carbocycles. The maximum atomic E-state index is 12.6. The number of anilines is 1. The van der Waals surface area contributed by atoms with Gasteiger partial charge in [-0.05, 0) is 31.9 Å². The third kappa shape index (κ3) is 2.91. The minimum Gasteiger partial charge on any atom is -0.338 e. The van der Waals surface area contributed by atoms with Crippen molar-refractivity contribution in [2.24, 2.45) is 13.0 Å². The highest BCUT2D eigenvalue weighted by molar-refractivity contribution is 6.02. The zero-order valence-corrected chi connectivity index (χ0v) is 14.1. The van der Waals surface area contributed by atoms with Crippen LogP contribution in [0.2, 0.25) is 0 Å². The van der Waals surface area contributed by atoms with Crippen LogP contribution in [0, 0.1) is 12.8 Å². The summed E-state index contributed by atoms with van der Waals surface area (Å²) in [5, 5.41) is 8.52. The number of carbonyl (C=O) groups is 2. The number of likely N-dealkylation sites (tertiary alicyclic amines) is 1. The minimum atomic E-state index is -0.206. The Labute approximate surface area is 141 Å². The monoisotopic (exact) mass is 326 g/mol. The van der Waals surface area contributed by atoms with Gasteiger partial charge >= 0.3 is 0 Å². The van der Waals surface area contributed by atoms with E-state index >= 15 is 0 Å². The van der Waals surface area contributed by atoms with Crippen LogP contribution in [0.25, 0.3) is 10.9 Å². The highest BCUT2D eigenvalue weighted by Gasteiger charge is 2.28. The fraction of sp³-hybridized carbons (Fsp3) is 0.389. The lowest BCUT2D eigenvalue weighted by molar-refractivity contribution is -0.130. The van der Waals surface area contributed by atoms with Gasteiger partial charge in [0.1, 0.15) is 5.52 Å². The Bertz CT molecular complexity index is 809. The largest absolute Gasteiger partial charge is 0.338 e. The van der Waals surface area contributed by atoms with Crippen molar-refractivity contribution in [3.8, 4) is 0 Å². The van der Waals surface area contributed by atoms with E-state index in [2.05, 4.69) is 17.0 Å². The van der Waals surface area contributed by atoms with E-state index in [-0.39, 0.29) is 17.7 Å². The van der Waals surface area contributed by atoms with Gasteiger partial charge in [-0.15, -0.1) is 0 Å². The number of rotatable bonds is 3. The SMILES string of the molecule is C=CC(=O)N1CCC[C@@H](C(=O)Nc2cccc3c(C)n(C)nc23)C1. The molecule has 6 heteroatoms. The van der Waals surface area contributed by atoms with Gasteiger partial charge in [0.05, 0.1) is 11.6 Å². The first-order chi connectivity index (χ1) is 11.5. The van der Waals surface area contributed by atoms with Crippen molar-refractivity contribution in [2.75, 3.05) is 18.4 Å². The maximum Gasteiger partial charge on any atom is 0.245 e. The summed E-state index contributed by atoms with van der Waals surface area (Å²) in [6.07, 6.45) is 2.91. The lowest BCUT2D eigenvalue weighted by atomic mass is 9.97. The summed E-state index contributed by atoms with van der Waals surface area (Å²) in [6.45, 7) is 6.64. The normalized spacial score (nSPS) is 17.8. The number of fused-ring (bicyclic) bond motifs is 1. The fourth-order valence-electron chi connectivity index (χ4n) is 3.20. The number of aryl methyl sites for hydroxylation is 2. The summed E-state index contributed by atoms with van der Waals surface area (Å²) < 4.78 is 1.81. The molecule has 1 saturated heterocycles. The number of benzene rings is 1. The molecular weight excluding hydrogens is 304 g/mol. The standard InChI is InChI=1S/C18H22N4O2/c1-4-16(23)22-10-6-7-13(11-22)18(24)19-15-9-5-8-14-12(2)21(3)20-17(14)15/h4-5,8-9,13H,1,6-7,10-11H2,2-3H3,(H,19,24)/t13-/m1/s1. The van der Waals surface area contributed by atoms with Crippen molar-refractivity contribution < 1.29 is 9.59 Å². The predicted octanol–water partition coefficient (Wildman–Crippen LogP) is 2.24. The predicted molar refractivity (Wildman–Crippen MR) is 93.6 cm³/mol. The summed E-state index contributed by atoms with van der Waals surface area (Å²) >= 11 is 0. The lowest BCUT2D eigenvalue weighted by Gasteiger charge is -2.31. The van der Waals surface area contributed by atoms with Crippen molar-refractivity contribution in [3.05, 3.63) is 36.5 Å². The van der Waals surface area contributed by atoms with Gasteiger partial charge in [-0.1, -0.05) is 18.7 Å². The molecule has 1 aromatic carbocycles. The molecule has 0 aliphatic carbocycles. The van der Waals surface area contributed by atoms with Gasteiger partial charge in [0.2, 0.25) is 11.8 Å². The third-order valence-corrected chi connectivity index (χ3v) is 4.70. The highest BCUT2D eigenvalue weighted by atomic mass is 16.2. The molecule has 0 spiro atoms. The van der Waals surface area contributed by atoms with Crippen LogP contribution >= 0.6 is 0 Å². The first-order valence-corrected chi connectivity index (χ1v) is 8.15. The fourth-order valence-corrected chi connectivity index (χ4v) is 3.20. The Morgan fingerprint density at radius 2 is 2.21 bits per heavy atom. The summed E-state index contributed by atoms with van der Waals surface area (Å²) in [6, 6.07) is 5.78. The number of piperidine rings is 1. The molecule has 0 unspecified atom stereocenters. The molecule has 2 heterocycles. The highest BCUT2D eigenvalue weighted by Crippen LogP contribution is 2.26. The molecule has 1 aromatic heterocycles. The number of aromatic nitrogens is 2. The van der Waals surface area contributed by atoms with E-state index in [0.717, 1.165) is 29.4 Å². The van der Waals surface area contributed by atoms with Crippen molar-refractivity contribution in [1.82, 2.24) is 14.7 Å². The number of hydrogen-bond acceptors (Lipinski definition) is 3. The van der Waals surface area contributed by atoms with E-state index < -0.39 is 0 Å². The average molecular weight is 326 g/mol. The van der Waals surface area contributed by atoms with Crippen molar-refractivity contribution >= 4 is 28.4 Å². The number of nitrogens with one attached hydrogen (secondary N) is 1. The number of nitrogens with zero attached hydrogens (tertiary/aromatic N) is 3. The molecule has 1 N–H and O–H groups in total. The number of amides is 2. The Kier molecular flexibility index (Phi) is 4.38. The Hall–Kier alpha value is -2.63. The summed E-state index contributed by atoms with van der Waals surface area (Å²) in [5.74, 6) is -0.384. The second kappa shape index (κ2) is 6.47. The molecular formula is C18H22N4O2. The Morgan fingerprint density at radius 1 is 1.42 bits per heavy atom. The van der Waals surface area contributed by atoms with Gasteiger partial charge in [0.15, 0.2) is 0 Å². The lowest BCUT2D eigenvalue weighted by Crippen LogP contribution is -2.43. The second-order valence-electron chi connectivity index (χ2n) is 6.23. The Balaban J connectivity index is 1.79. The topological polar surface area (TPSA) is 67.2 Å². The van der Waals surface area contributed by atoms with Crippen molar-refractivity contribution in [1.29, 1.82) is 0 Å². The van der Waals surface area contributed by atoms with Crippen LogP contribution in [0.1, 0.15) is 18.5 Å². The molecule has 1 aliphatic heterocycles.